The number of nitrogens with zero attached hydrogens (tertiary/aromatic N) is 2. The van der Waals surface area contributed by atoms with Crippen LogP contribution < -0.4 is 11.2 Å². The van der Waals surface area contributed by atoms with Crippen molar-refractivity contribution in [3.63, 3.8) is 0 Å². The van der Waals surface area contributed by atoms with Gasteiger partial charge in [0.2, 0.25) is 5.96 Å². The summed E-state index contributed by atoms with van der Waals surface area (Å²) >= 11 is 0. The van der Waals surface area contributed by atoms with Gasteiger partial charge >= 0.3 is 0 Å². The first kappa shape index (κ1) is 14.7. The number of benzene rings is 1. The van der Waals surface area contributed by atoms with Crippen LogP contribution in [0.15, 0.2) is 53.4 Å². The van der Waals surface area contributed by atoms with Gasteiger partial charge in [0.05, 0.1) is 17.6 Å². The summed E-state index contributed by atoms with van der Waals surface area (Å²) in [5, 5.41) is 21.4. The fraction of sp³-hybridized carbons (Fsp3) is 0.105. The van der Waals surface area contributed by atoms with Crippen LogP contribution in [0.25, 0.3) is 11.8 Å². The SMILES string of the molecule is NC1=NC=C2C=Cc3c[nH]c4c3C(=CCC4c3ccc(O)c(O)c3)N2N1. The van der Waals surface area contributed by atoms with E-state index in [0.717, 1.165) is 40.2 Å². The molecule has 7 heteroatoms. The summed E-state index contributed by atoms with van der Waals surface area (Å²) in [4.78, 5) is 7.53. The second kappa shape index (κ2) is 5.19. The third kappa shape index (κ3) is 2.03. The zero-order valence-electron chi connectivity index (χ0n) is 13.8. The van der Waals surface area contributed by atoms with E-state index in [0.29, 0.717) is 5.96 Å². The smallest absolute Gasteiger partial charge is 0.212 e. The number of phenols is 2. The molecule has 0 saturated heterocycles. The van der Waals surface area contributed by atoms with Gasteiger partial charge in [0.1, 0.15) is 0 Å². The number of allylic oxidation sites excluding steroid dienone is 2. The lowest BCUT2D eigenvalue weighted by molar-refractivity contribution is 0.402. The second-order valence-corrected chi connectivity index (χ2v) is 6.51. The van der Waals surface area contributed by atoms with Crippen LogP contribution in [0.4, 0.5) is 0 Å². The lowest BCUT2D eigenvalue weighted by atomic mass is 9.84. The van der Waals surface area contributed by atoms with Gasteiger partial charge in [-0.2, -0.15) is 0 Å². The monoisotopic (exact) mass is 347 g/mol. The first-order chi connectivity index (χ1) is 12.6. The first-order valence-electron chi connectivity index (χ1n) is 8.34. The number of H-pyrrole nitrogens is 1. The largest absolute Gasteiger partial charge is 0.504 e. The van der Waals surface area contributed by atoms with Crippen molar-refractivity contribution in [2.75, 3.05) is 0 Å². The number of nitrogens with two attached hydrogens (primary N) is 1. The average molecular weight is 347 g/mol. The van der Waals surface area contributed by atoms with E-state index in [1.807, 2.05) is 29.4 Å². The number of nitrogens with one attached hydrogen (secondary N) is 2. The molecule has 0 radical (unpaired) electrons. The van der Waals surface area contributed by atoms with E-state index in [2.05, 4.69) is 21.5 Å². The van der Waals surface area contributed by atoms with E-state index in [4.69, 9.17) is 5.73 Å². The predicted molar refractivity (Wildman–Crippen MR) is 98.7 cm³/mol. The number of hydrogen-bond acceptors (Lipinski definition) is 6. The van der Waals surface area contributed by atoms with Gasteiger partial charge in [0.25, 0.3) is 0 Å². The molecule has 1 unspecified atom stereocenters. The Kier molecular flexibility index (Phi) is 2.94. The highest BCUT2D eigenvalue weighted by Crippen LogP contribution is 2.44. The second-order valence-electron chi connectivity index (χ2n) is 6.51. The third-order valence-electron chi connectivity index (χ3n) is 4.99. The fourth-order valence-electron chi connectivity index (χ4n) is 3.75. The predicted octanol–water partition coefficient (Wildman–Crippen LogP) is 2.31. The van der Waals surface area contributed by atoms with Crippen molar-refractivity contribution in [2.24, 2.45) is 10.7 Å². The van der Waals surface area contributed by atoms with E-state index >= 15 is 0 Å². The molecule has 0 fully saturated rings. The van der Waals surface area contributed by atoms with Gasteiger partial charge in [-0.3, -0.25) is 10.4 Å². The minimum absolute atomic E-state index is 0.0590. The molecule has 1 aromatic carbocycles. The van der Waals surface area contributed by atoms with Crippen molar-refractivity contribution >= 4 is 17.7 Å². The zero-order valence-corrected chi connectivity index (χ0v) is 13.8. The molecule has 1 atom stereocenters. The Morgan fingerprint density at radius 3 is 2.92 bits per heavy atom. The molecule has 3 aliphatic rings. The number of phenolic OH excluding ortho intramolecular Hbond substituents is 2. The molecule has 0 bridgehead atoms. The molecule has 130 valence electrons. The van der Waals surface area contributed by atoms with Crippen LogP contribution in [0.1, 0.15) is 34.7 Å². The van der Waals surface area contributed by atoms with Crippen LogP contribution in [-0.2, 0) is 0 Å². The summed E-state index contributed by atoms with van der Waals surface area (Å²) < 4.78 is 0. The Morgan fingerprint density at radius 2 is 2.08 bits per heavy atom. The van der Waals surface area contributed by atoms with Gasteiger partial charge in [-0.05, 0) is 30.2 Å². The Hall–Kier alpha value is -3.61. The number of hydrogen-bond donors (Lipinski definition) is 5. The summed E-state index contributed by atoms with van der Waals surface area (Å²) in [6, 6.07) is 4.98. The normalized spacial score (nSPS) is 20.2. The molecule has 3 heterocycles. The number of fused-ring (bicyclic) bond motifs is 2. The van der Waals surface area contributed by atoms with E-state index in [-0.39, 0.29) is 17.4 Å². The molecule has 0 saturated carbocycles. The van der Waals surface area contributed by atoms with Crippen LogP contribution in [0, 0.1) is 0 Å². The van der Waals surface area contributed by atoms with Crippen molar-refractivity contribution in [2.45, 2.75) is 12.3 Å². The van der Waals surface area contributed by atoms with Crippen LogP contribution in [0.3, 0.4) is 0 Å². The quantitative estimate of drug-likeness (QED) is 0.509. The van der Waals surface area contributed by atoms with Crippen molar-refractivity contribution in [3.8, 4) is 11.5 Å². The highest BCUT2D eigenvalue weighted by Gasteiger charge is 2.32. The Labute approximate surface area is 149 Å². The Morgan fingerprint density at radius 1 is 1.19 bits per heavy atom. The molecule has 7 nitrogen and oxygen atoms in total. The molecule has 1 aliphatic carbocycles. The number of aliphatic imine (C=N–C) groups is 1. The van der Waals surface area contributed by atoms with E-state index < -0.39 is 0 Å². The fourth-order valence-corrected chi connectivity index (χ4v) is 3.75. The van der Waals surface area contributed by atoms with Gasteiger partial charge in [0.15, 0.2) is 11.5 Å². The maximum atomic E-state index is 9.88. The van der Waals surface area contributed by atoms with E-state index in [1.165, 1.54) is 6.07 Å². The van der Waals surface area contributed by atoms with Gasteiger partial charge in [-0.15, -0.1) is 0 Å². The summed E-state index contributed by atoms with van der Waals surface area (Å²) in [6.45, 7) is 0. The standard InChI is InChI=1S/C19H17N5O2/c20-19-22-9-12-3-1-11-8-21-18-13(10-2-6-15(25)16(26)7-10)4-5-14(17(11)18)24(12)23-19/h1-3,5-9,13,21,25-26H,4H2,(H3,20,22,23). The third-order valence-corrected chi connectivity index (χ3v) is 4.99. The van der Waals surface area contributed by atoms with Crippen molar-refractivity contribution in [1.82, 2.24) is 15.4 Å². The number of aromatic nitrogens is 1. The number of aromatic amines is 1. The van der Waals surface area contributed by atoms with Crippen molar-refractivity contribution in [3.05, 3.63) is 70.8 Å². The molecule has 2 aliphatic heterocycles. The van der Waals surface area contributed by atoms with Gasteiger partial charge in [-0.25, -0.2) is 4.99 Å². The number of guanidine groups is 1. The van der Waals surface area contributed by atoms with Crippen LogP contribution in [-0.4, -0.2) is 26.2 Å². The molecule has 2 aromatic rings. The molecule has 6 N–H and O–H groups in total. The Bertz CT molecular complexity index is 1040. The molecule has 1 aromatic heterocycles. The lowest BCUT2D eigenvalue weighted by Crippen LogP contribution is -2.46. The zero-order chi connectivity index (χ0) is 17.8. The van der Waals surface area contributed by atoms with Crippen molar-refractivity contribution in [1.29, 1.82) is 0 Å². The van der Waals surface area contributed by atoms with E-state index in [9.17, 15) is 10.2 Å². The van der Waals surface area contributed by atoms with Crippen LogP contribution in [0.5, 0.6) is 11.5 Å². The van der Waals surface area contributed by atoms with Crippen LogP contribution in [0.2, 0.25) is 0 Å². The first-order valence-corrected chi connectivity index (χ1v) is 8.34. The summed E-state index contributed by atoms with van der Waals surface area (Å²) in [6.07, 6.45) is 10.7. The van der Waals surface area contributed by atoms with Crippen LogP contribution >= 0.6 is 0 Å². The molecule has 26 heavy (non-hydrogen) atoms. The highest BCUT2D eigenvalue weighted by atomic mass is 16.3. The lowest BCUT2D eigenvalue weighted by Gasteiger charge is -2.33. The molecular weight excluding hydrogens is 330 g/mol. The maximum Gasteiger partial charge on any atom is 0.212 e. The topological polar surface area (TPSA) is 110 Å². The highest BCUT2D eigenvalue weighted by molar-refractivity contribution is 5.86. The summed E-state index contributed by atoms with van der Waals surface area (Å²) in [5.74, 6) is 0.177. The number of rotatable bonds is 1. The number of hydrazine groups is 1. The van der Waals surface area contributed by atoms with Crippen molar-refractivity contribution < 1.29 is 10.2 Å². The molecule has 0 spiro atoms. The number of aromatic hydroxyl groups is 2. The summed E-state index contributed by atoms with van der Waals surface area (Å²) in [7, 11) is 0. The minimum atomic E-state index is -0.115. The average Bonchev–Trinajstić information content (AvgIpc) is 2.99. The molecule has 0 amide bonds. The summed E-state index contributed by atoms with van der Waals surface area (Å²) in [5.41, 5.74) is 15.1. The van der Waals surface area contributed by atoms with Gasteiger partial charge < -0.3 is 20.9 Å². The van der Waals surface area contributed by atoms with E-state index in [1.54, 1.807) is 12.3 Å². The Balaban J connectivity index is 1.63. The van der Waals surface area contributed by atoms with Gasteiger partial charge in [0, 0.05) is 28.9 Å². The van der Waals surface area contributed by atoms with Gasteiger partial charge in [-0.1, -0.05) is 18.2 Å². The molecular formula is C19H17N5O2. The molecule has 5 rings (SSSR count). The minimum Gasteiger partial charge on any atom is -0.504 e. The maximum absolute atomic E-state index is 9.88.